The topological polar surface area (TPSA) is 264 Å². The molecule has 0 aliphatic carbocycles. The number of nitrogens with zero attached hydrogens (tertiary/aromatic N) is 2. The summed E-state index contributed by atoms with van der Waals surface area (Å²) in [4.78, 5) is 67.2. The predicted octanol–water partition coefficient (Wildman–Crippen LogP) is -1.77. The van der Waals surface area contributed by atoms with E-state index in [-0.39, 0.29) is 50.5 Å². The standard InChI is InChI=1S/C25H37N7O8/c26-16(3-1-11-29-25(27)28)21(36)30-17(9-10-20(34)35)23(38)32-12-2-4-19(32)22(37)31-18(24(39)40)13-14-5-7-15(33)8-6-14/h5-8,16-19,33H,1-4,9-13,26H2,(H,30,36)(H,31,37)(H,34,35)(H,39,40)(H4,27,28,29). The van der Waals surface area contributed by atoms with Crippen LogP contribution in [-0.4, -0.2) is 93.1 Å². The Balaban J connectivity index is 2.09. The molecule has 0 saturated carbocycles. The molecule has 40 heavy (non-hydrogen) atoms. The predicted molar refractivity (Wildman–Crippen MR) is 143 cm³/mol. The summed E-state index contributed by atoms with van der Waals surface area (Å²) in [7, 11) is 0. The fraction of sp³-hybridized carbons (Fsp3) is 0.520. The quantitative estimate of drug-likeness (QED) is 0.0672. The number of nitrogens with two attached hydrogens (primary N) is 3. The molecule has 4 atom stereocenters. The molecule has 4 unspecified atom stereocenters. The number of hydrogen-bond acceptors (Lipinski definition) is 8. The molecule has 15 heteroatoms. The van der Waals surface area contributed by atoms with Crippen LogP contribution in [0, 0.1) is 0 Å². The molecular weight excluding hydrogens is 526 g/mol. The number of carboxylic acids is 2. The summed E-state index contributed by atoms with van der Waals surface area (Å²) in [5, 5.41) is 33.2. The molecule has 1 heterocycles. The number of carbonyl (C=O) groups excluding carboxylic acids is 3. The Bertz CT molecular complexity index is 1090. The second-order valence-corrected chi connectivity index (χ2v) is 9.51. The number of aromatic hydroxyl groups is 1. The van der Waals surface area contributed by atoms with Crippen LogP contribution in [0.25, 0.3) is 0 Å². The van der Waals surface area contributed by atoms with E-state index < -0.39 is 60.2 Å². The maximum Gasteiger partial charge on any atom is 0.326 e. The lowest BCUT2D eigenvalue weighted by Gasteiger charge is -2.30. The minimum atomic E-state index is -1.30. The van der Waals surface area contributed by atoms with Gasteiger partial charge in [0.1, 0.15) is 23.9 Å². The first-order valence-corrected chi connectivity index (χ1v) is 12.8. The van der Waals surface area contributed by atoms with Crippen LogP contribution in [0.5, 0.6) is 5.75 Å². The van der Waals surface area contributed by atoms with Gasteiger partial charge in [-0.15, -0.1) is 0 Å². The summed E-state index contributed by atoms with van der Waals surface area (Å²) in [5.74, 6) is -4.57. The van der Waals surface area contributed by atoms with Crippen molar-refractivity contribution in [2.75, 3.05) is 13.1 Å². The number of phenols is 1. The number of hydrogen-bond donors (Lipinski definition) is 8. The van der Waals surface area contributed by atoms with E-state index in [1.54, 1.807) is 0 Å². The van der Waals surface area contributed by atoms with Crippen molar-refractivity contribution in [2.24, 2.45) is 22.2 Å². The Morgan fingerprint density at radius 1 is 1.02 bits per heavy atom. The highest BCUT2D eigenvalue weighted by atomic mass is 16.4. The third kappa shape index (κ3) is 10.1. The molecule has 1 aromatic rings. The molecular formula is C25H37N7O8. The van der Waals surface area contributed by atoms with Gasteiger partial charge in [0.2, 0.25) is 17.7 Å². The number of benzene rings is 1. The molecule has 15 nitrogen and oxygen atoms in total. The zero-order chi connectivity index (χ0) is 29.8. The van der Waals surface area contributed by atoms with Crippen molar-refractivity contribution in [1.82, 2.24) is 15.5 Å². The van der Waals surface area contributed by atoms with Crippen LogP contribution in [0.2, 0.25) is 0 Å². The summed E-state index contributed by atoms with van der Waals surface area (Å²) in [6.07, 6.45) is 0.591. The molecule has 1 fully saturated rings. The smallest absolute Gasteiger partial charge is 0.326 e. The largest absolute Gasteiger partial charge is 0.508 e. The zero-order valence-electron chi connectivity index (χ0n) is 22.0. The molecule has 1 aliphatic heterocycles. The lowest BCUT2D eigenvalue weighted by atomic mass is 10.0. The molecule has 0 radical (unpaired) electrons. The Hall–Kier alpha value is -4.40. The van der Waals surface area contributed by atoms with Gasteiger partial charge in [-0.05, 0) is 49.8 Å². The van der Waals surface area contributed by atoms with E-state index in [1.165, 1.54) is 29.2 Å². The minimum Gasteiger partial charge on any atom is -0.508 e. The van der Waals surface area contributed by atoms with Crippen LogP contribution in [0.15, 0.2) is 29.3 Å². The molecule has 0 bridgehead atoms. The molecule has 1 saturated heterocycles. The number of aliphatic imine (C=N–C) groups is 1. The number of rotatable bonds is 15. The van der Waals surface area contributed by atoms with Crippen molar-refractivity contribution >= 4 is 35.6 Å². The lowest BCUT2D eigenvalue weighted by molar-refractivity contribution is -0.145. The maximum absolute atomic E-state index is 13.4. The normalized spacial score (nSPS) is 16.8. The Kier molecular flexibility index (Phi) is 12.1. The van der Waals surface area contributed by atoms with E-state index in [0.717, 1.165) is 0 Å². The summed E-state index contributed by atoms with van der Waals surface area (Å²) in [6.45, 7) is 0.413. The van der Waals surface area contributed by atoms with Crippen molar-refractivity contribution in [3.8, 4) is 5.75 Å². The first-order chi connectivity index (χ1) is 18.9. The van der Waals surface area contributed by atoms with Crippen molar-refractivity contribution in [2.45, 2.75) is 69.1 Å². The third-order valence-electron chi connectivity index (χ3n) is 6.40. The van der Waals surface area contributed by atoms with Crippen LogP contribution in [-0.2, 0) is 30.4 Å². The molecule has 2 rings (SSSR count). The van der Waals surface area contributed by atoms with Gasteiger partial charge >= 0.3 is 11.9 Å². The van der Waals surface area contributed by atoms with Crippen molar-refractivity contribution in [3.63, 3.8) is 0 Å². The average molecular weight is 564 g/mol. The maximum atomic E-state index is 13.4. The van der Waals surface area contributed by atoms with Gasteiger partial charge < -0.3 is 48.1 Å². The number of carbonyl (C=O) groups is 5. The summed E-state index contributed by atoms with van der Waals surface area (Å²) < 4.78 is 0. The van der Waals surface area contributed by atoms with Crippen molar-refractivity contribution in [3.05, 3.63) is 29.8 Å². The first-order valence-electron chi connectivity index (χ1n) is 12.8. The fourth-order valence-electron chi connectivity index (χ4n) is 4.29. The van der Waals surface area contributed by atoms with Gasteiger partial charge in [-0.25, -0.2) is 4.79 Å². The fourth-order valence-corrected chi connectivity index (χ4v) is 4.29. The molecule has 11 N–H and O–H groups in total. The SMILES string of the molecule is NC(N)=NCCCC(N)C(=O)NC(CCC(=O)O)C(=O)N1CCCC1C(=O)NC(Cc1ccc(O)cc1)C(=O)O. The van der Waals surface area contributed by atoms with Crippen LogP contribution < -0.4 is 27.8 Å². The average Bonchev–Trinajstić information content (AvgIpc) is 3.39. The molecule has 1 aromatic carbocycles. The highest BCUT2D eigenvalue weighted by molar-refractivity contribution is 5.94. The molecule has 3 amide bonds. The van der Waals surface area contributed by atoms with Gasteiger partial charge in [-0.3, -0.25) is 24.2 Å². The van der Waals surface area contributed by atoms with E-state index in [1.807, 2.05) is 0 Å². The number of phenolic OH excluding ortho intramolecular Hbond substituents is 1. The van der Waals surface area contributed by atoms with E-state index in [9.17, 15) is 34.2 Å². The van der Waals surface area contributed by atoms with Gasteiger partial charge in [-0.2, -0.15) is 0 Å². The minimum absolute atomic E-state index is 0.0104. The van der Waals surface area contributed by atoms with Gasteiger partial charge in [-0.1, -0.05) is 12.1 Å². The van der Waals surface area contributed by atoms with Crippen molar-refractivity contribution < 1.29 is 39.3 Å². The summed E-state index contributed by atoms with van der Waals surface area (Å²) >= 11 is 0. The number of amides is 3. The van der Waals surface area contributed by atoms with Gasteiger partial charge in [0.15, 0.2) is 5.96 Å². The van der Waals surface area contributed by atoms with Gasteiger partial charge in [0, 0.05) is 25.9 Å². The van der Waals surface area contributed by atoms with Crippen LogP contribution in [0.1, 0.15) is 44.1 Å². The van der Waals surface area contributed by atoms with Crippen LogP contribution >= 0.6 is 0 Å². The Morgan fingerprint density at radius 3 is 2.30 bits per heavy atom. The monoisotopic (exact) mass is 563 g/mol. The molecule has 0 aromatic heterocycles. The number of aliphatic carboxylic acids is 2. The highest BCUT2D eigenvalue weighted by Crippen LogP contribution is 2.21. The first kappa shape index (κ1) is 31.8. The van der Waals surface area contributed by atoms with Crippen LogP contribution in [0.4, 0.5) is 0 Å². The summed E-state index contributed by atoms with van der Waals surface area (Å²) in [6, 6.07) is 1.29. The number of nitrogens with one attached hydrogen (secondary N) is 2. The number of guanidine groups is 1. The van der Waals surface area contributed by atoms with Crippen molar-refractivity contribution in [1.29, 1.82) is 0 Å². The third-order valence-corrected chi connectivity index (χ3v) is 6.40. The molecule has 1 aliphatic rings. The molecule has 0 spiro atoms. The van der Waals surface area contributed by atoms with Crippen LogP contribution in [0.3, 0.4) is 0 Å². The number of likely N-dealkylation sites (tertiary alicyclic amines) is 1. The number of carboxylic acid groups (broad SMARTS) is 2. The van der Waals surface area contributed by atoms with E-state index >= 15 is 0 Å². The highest BCUT2D eigenvalue weighted by Gasteiger charge is 2.39. The lowest BCUT2D eigenvalue weighted by Crippen LogP contribution is -2.57. The van der Waals surface area contributed by atoms with E-state index in [4.69, 9.17) is 22.3 Å². The molecule has 220 valence electrons. The second-order valence-electron chi connectivity index (χ2n) is 9.51. The Morgan fingerprint density at radius 2 is 1.70 bits per heavy atom. The zero-order valence-corrected chi connectivity index (χ0v) is 22.0. The summed E-state index contributed by atoms with van der Waals surface area (Å²) in [5.41, 5.74) is 17.0. The van der Waals surface area contributed by atoms with Gasteiger partial charge in [0.25, 0.3) is 0 Å². The Labute approximate surface area is 230 Å². The second kappa shape index (κ2) is 15.3. The van der Waals surface area contributed by atoms with E-state index in [2.05, 4.69) is 15.6 Å². The van der Waals surface area contributed by atoms with Gasteiger partial charge in [0.05, 0.1) is 6.04 Å². The van der Waals surface area contributed by atoms with E-state index in [0.29, 0.717) is 18.4 Å².